The van der Waals surface area contributed by atoms with Gasteiger partial charge < -0.3 is 10.4 Å². The van der Waals surface area contributed by atoms with E-state index < -0.39 is 0 Å². The van der Waals surface area contributed by atoms with Gasteiger partial charge in [-0.05, 0) is 42.5 Å². The summed E-state index contributed by atoms with van der Waals surface area (Å²) >= 11 is 1.43. The lowest BCUT2D eigenvalue weighted by molar-refractivity contribution is 0.0943. The molecular weight excluding hydrogens is 272 g/mol. The second kappa shape index (κ2) is 7.17. The summed E-state index contributed by atoms with van der Waals surface area (Å²) in [6.45, 7) is 2.40. The van der Waals surface area contributed by atoms with E-state index in [2.05, 4.69) is 10.3 Å². The standard InChI is InChI=1S/C15H18N2O2S/c1-11-5-7-20-14(11)15(19)17-9-12(10-18)8-13-4-2-3-6-16-13/h2-7,12,18H,8-10H2,1H3,(H,17,19). The molecule has 4 nitrogen and oxygen atoms in total. The Kier molecular flexibility index (Phi) is 5.26. The zero-order valence-electron chi connectivity index (χ0n) is 11.4. The van der Waals surface area contributed by atoms with Crippen molar-refractivity contribution in [3.63, 3.8) is 0 Å². The number of pyridine rings is 1. The highest BCUT2D eigenvalue weighted by Gasteiger charge is 2.14. The number of rotatable bonds is 6. The quantitative estimate of drug-likeness (QED) is 0.855. The molecule has 0 radical (unpaired) electrons. The van der Waals surface area contributed by atoms with E-state index in [0.29, 0.717) is 13.0 Å². The second-order valence-corrected chi connectivity index (χ2v) is 5.63. The van der Waals surface area contributed by atoms with Crippen molar-refractivity contribution in [2.75, 3.05) is 13.2 Å². The monoisotopic (exact) mass is 290 g/mol. The summed E-state index contributed by atoms with van der Waals surface area (Å²) in [6, 6.07) is 7.63. The second-order valence-electron chi connectivity index (χ2n) is 4.72. The van der Waals surface area contributed by atoms with Crippen LogP contribution in [0.25, 0.3) is 0 Å². The highest BCUT2D eigenvalue weighted by molar-refractivity contribution is 7.12. The molecule has 0 bridgehead atoms. The third kappa shape index (κ3) is 3.88. The van der Waals surface area contributed by atoms with Gasteiger partial charge in [0.25, 0.3) is 5.91 Å². The average Bonchev–Trinajstić information content (AvgIpc) is 2.90. The Labute approximate surface area is 122 Å². The highest BCUT2D eigenvalue weighted by atomic mass is 32.1. The Morgan fingerprint density at radius 2 is 2.30 bits per heavy atom. The van der Waals surface area contributed by atoms with Crippen LogP contribution in [0.3, 0.4) is 0 Å². The molecule has 0 spiro atoms. The maximum absolute atomic E-state index is 12.0. The molecule has 0 saturated heterocycles. The van der Waals surface area contributed by atoms with E-state index in [4.69, 9.17) is 0 Å². The average molecular weight is 290 g/mol. The molecule has 0 aliphatic heterocycles. The van der Waals surface area contributed by atoms with Gasteiger partial charge in [-0.3, -0.25) is 9.78 Å². The summed E-state index contributed by atoms with van der Waals surface area (Å²) in [4.78, 5) is 17.0. The van der Waals surface area contributed by atoms with Gasteiger partial charge in [0.1, 0.15) is 0 Å². The summed E-state index contributed by atoms with van der Waals surface area (Å²) in [5.74, 6) is -0.0916. The van der Waals surface area contributed by atoms with Gasteiger partial charge >= 0.3 is 0 Å². The molecule has 2 rings (SSSR count). The summed E-state index contributed by atoms with van der Waals surface area (Å²) in [7, 11) is 0. The van der Waals surface area contributed by atoms with Crippen LogP contribution in [0.15, 0.2) is 35.8 Å². The number of carbonyl (C=O) groups is 1. The normalized spacial score (nSPS) is 12.1. The first-order valence-corrected chi connectivity index (χ1v) is 7.41. The zero-order valence-corrected chi connectivity index (χ0v) is 12.2. The molecule has 1 unspecified atom stereocenters. The van der Waals surface area contributed by atoms with Crippen molar-refractivity contribution in [1.82, 2.24) is 10.3 Å². The SMILES string of the molecule is Cc1ccsc1C(=O)NCC(CO)Cc1ccccn1. The Hall–Kier alpha value is -1.72. The predicted octanol–water partition coefficient (Wildman–Crippen LogP) is 2.03. The Morgan fingerprint density at radius 3 is 2.90 bits per heavy atom. The van der Waals surface area contributed by atoms with Crippen molar-refractivity contribution in [1.29, 1.82) is 0 Å². The number of carbonyl (C=O) groups excluding carboxylic acids is 1. The third-order valence-electron chi connectivity index (χ3n) is 3.10. The van der Waals surface area contributed by atoms with Gasteiger partial charge in [-0.1, -0.05) is 6.07 Å². The maximum atomic E-state index is 12.0. The van der Waals surface area contributed by atoms with Gasteiger partial charge in [0, 0.05) is 31.0 Å². The van der Waals surface area contributed by atoms with Crippen LogP contribution >= 0.6 is 11.3 Å². The number of amides is 1. The number of nitrogens with zero attached hydrogens (tertiary/aromatic N) is 1. The number of aryl methyl sites for hydroxylation is 1. The lowest BCUT2D eigenvalue weighted by atomic mass is 10.0. The van der Waals surface area contributed by atoms with Crippen LogP contribution in [0, 0.1) is 12.8 Å². The van der Waals surface area contributed by atoms with Gasteiger partial charge in [-0.2, -0.15) is 0 Å². The summed E-state index contributed by atoms with van der Waals surface area (Å²) < 4.78 is 0. The number of nitrogens with one attached hydrogen (secondary N) is 1. The molecule has 0 aliphatic rings. The molecular formula is C15H18N2O2S. The molecule has 1 amide bonds. The van der Waals surface area contributed by atoms with Crippen molar-refractivity contribution in [3.8, 4) is 0 Å². The number of hydrogen-bond acceptors (Lipinski definition) is 4. The third-order valence-corrected chi connectivity index (χ3v) is 4.12. The van der Waals surface area contributed by atoms with Gasteiger partial charge in [-0.15, -0.1) is 11.3 Å². The van der Waals surface area contributed by atoms with E-state index in [1.54, 1.807) is 6.20 Å². The van der Waals surface area contributed by atoms with Gasteiger partial charge in [0.2, 0.25) is 0 Å². The van der Waals surface area contributed by atoms with Crippen molar-refractivity contribution in [3.05, 3.63) is 52.0 Å². The smallest absolute Gasteiger partial charge is 0.261 e. The molecule has 106 valence electrons. The summed E-state index contributed by atoms with van der Waals surface area (Å²) in [5.41, 5.74) is 1.91. The minimum atomic E-state index is -0.0722. The Bertz CT molecular complexity index is 554. The van der Waals surface area contributed by atoms with Gasteiger partial charge in [0.15, 0.2) is 0 Å². The number of hydrogen-bond donors (Lipinski definition) is 2. The molecule has 0 saturated carbocycles. The topological polar surface area (TPSA) is 62.2 Å². The van der Waals surface area contributed by atoms with Crippen molar-refractivity contribution in [2.24, 2.45) is 5.92 Å². The molecule has 2 aromatic rings. The molecule has 0 fully saturated rings. The molecule has 5 heteroatoms. The highest BCUT2D eigenvalue weighted by Crippen LogP contribution is 2.15. The van der Waals surface area contributed by atoms with E-state index in [-0.39, 0.29) is 18.4 Å². The largest absolute Gasteiger partial charge is 0.396 e. The van der Waals surface area contributed by atoms with Gasteiger partial charge in [0.05, 0.1) is 4.88 Å². The number of aliphatic hydroxyl groups is 1. The van der Waals surface area contributed by atoms with E-state index >= 15 is 0 Å². The minimum absolute atomic E-state index is 0.0193. The minimum Gasteiger partial charge on any atom is -0.396 e. The molecule has 2 N–H and O–H groups in total. The molecule has 0 aliphatic carbocycles. The number of aliphatic hydroxyl groups excluding tert-OH is 1. The van der Waals surface area contributed by atoms with Crippen LogP contribution in [-0.2, 0) is 6.42 Å². The van der Waals surface area contributed by atoms with E-state index in [0.717, 1.165) is 16.1 Å². The number of aromatic nitrogens is 1. The Morgan fingerprint density at radius 1 is 1.45 bits per heavy atom. The molecule has 1 atom stereocenters. The first-order valence-electron chi connectivity index (χ1n) is 6.53. The lowest BCUT2D eigenvalue weighted by Crippen LogP contribution is -2.31. The maximum Gasteiger partial charge on any atom is 0.261 e. The van der Waals surface area contributed by atoms with Gasteiger partial charge in [-0.25, -0.2) is 0 Å². The summed E-state index contributed by atoms with van der Waals surface area (Å²) in [6.07, 6.45) is 2.39. The lowest BCUT2D eigenvalue weighted by Gasteiger charge is -2.14. The molecule has 20 heavy (non-hydrogen) atoms. The van der Waals surface area contributed by atoms with E-state index in [1.807, 2.05) is 36.6 Å². The Balaban J connectivity index is 1.88. The van der Waals surface area contributed by atoms with E-state index in [1.165, 1.54) is 11.3 Å². The first-order chi connectivity index (χ1) is 9.70. The van der Waals surface area contributed by atoms with Crippen LogP contribution in [-0.4, -0.2) is 29.1 Å². The first kappa shape index (κ1) is 14.7. The molecule has 0 aromatic carbocycles. The fraction of sp³-hybridized carbons (Fsp3) is 0.333. The predicted molar refractivity (Wildman–Crippen MR) is 79.9 cm³/mol. The van der Waals surface area contributed by atoms with Crippen molar-refractivity contribution >= 4 is 17.2 Å². The fourth-order valence-electron chi connectivity index (χ4n) is 1.94. The fourth-order valence-corrected chi connectivity index (χ4v) is 2.78. The van der Waals surface area contributed by atoms with E-state index in [9.17, 15) is 9.90 Å². The summed E-state index contributed by atoms with van der Waals surface area (Å²) in [5, 5.41) is 14.2. The van der Waals surface area contributed by atoms with Crippen molar-refractivity contribution in [2.45, 2.75) is 13.3 Å². The van der Waals surface area contributed by atoms with Crippen LogP contribution in [0.2, 0.25) is 0 Å². The molecule has 2 heterocycles. The molecule has 2 aromatic heterocycles. The zero-order chi connectivity index (χ0) is 14.4. The van der Waals surface area contributed by atoms with Crippen LogP contribution in [0.5, 0.6) is 0 Å². The van der Waals surface area contributed by atoms with Crippen molar-refractivity contribution < 1.29 is 9.90 Å². The van der Waals surface area contributed by atoms with Crippen LogP contribution in [0.1, 0.15) is 20.9 Å². The van der Waals surface area contributed by atoms with Crippen LogP contribution in [0.4, 0.5) is 0 Å². The van der Waals surface area contributed by atoms with Crippen LogP contribution < -0.4 is 5.32 Å². The number of thiophene rings is 1.